The average Bonchev–Trinajstić information content (AvgIpc) is 3.12. The highest BCUT2D eigenvalue weighted by Crippen LogP contribution is 2.39. The number of rotatable bonds is 1. The maximum Gasteiger partial charge on any atom is 0.256 e. The first-order valence-electron chi connectivity index (χ1n) is 8.41. The van der Waals surface area contributed by atoms with Crippen LogP contribution in [0.3, 0.4) is 0 Å². The molecule has 1 amide bonds. The summed E-state index contributed by atoms with van der Waals surface area (Å²) >= 11 is 0. The number of fused-ring (bicyclic) bond motifs is 1. The summed E-state index contributed by atoms with van der Waals surface area (Å²) < 4.78 is 0. The molecule has 1 aromatic carbocycles. The van der Waals surface area contributed by atoms with E-state index < -0.39 is 0 Å². The van der Waals surface area contributed by atoms with Crippen LogP contribution in [0.2, 0.25) is 0 Å². The lowest BCUT2D eigenvalue weighted by molar-refractivity contribution is 0.0775. The molecule has 1 unspecified atom stereocenters. The fraction of sp³-hybridized carbons (Fsp3) is 0.474. The zero-order chi connectivity index (χ0) is 16.0. The van der Waals surface area contributed by atoms with Gasteiger partial charge in [0.25, 0.3) is 5.91 Å². The van der Waals surface area contributed by atoms with Crippen molar-refractivity contribution in [2.45, 2.75) is 19.8 Å². The van der Waals surface area contributed by atoms with Gasteiger partial charge in [-0.1, -0.05) is 18.2 Å². The highest BCUT2D eigenvalue weighted by atomic mass is 16.2. The number of para-hydroxylation sites is 1. The van der Waals surface area contributed by atoms with Gasteiger partial charge in [-0.3, -0.25) is 9.78 Å². The number of likely N-dealkylation sites (tertiary alicyclic amines) is 2. The van der Waals surface area contributed by atoms with Gasteiger partial charge in [-0.25, -0.2) is 0 Å². The van der Waals surface area contributed by atoms with Gasteiger partial charge in [0, 0.05) is 36.1 Å². The fourth-order valence-corrected chi connectivity index (χ4v) is 4.19. The lowest BCUT2D eigenvalue weighted by Gasteiger charge is -2.24. The van der Waals surface area contributed by atoms with E-state index in [0.717, 1.165) is 54.8 Å². The third-order valence-electron chi connectivity index (χ3n) is 5.44. The first kappa shape index (κ1) is 14.6. The third-order valence-corrected chi connectivity index (χ3v) is 5.44. The van der Waals surface area contributed by atoms with Crippen LogP contribution in [0.1, 0.15) is 28.9 Å². The Morgan fingerprint density at radius 3 is 2.74 bits per heavy atom. The van der Waals surface area contributed by atoms with E-state index >= 15 is 0 Å². The van der Waals surface area contributed by atoms with Gasteiger partial charge in [-0.15, -0.1) is 0 Å². The number of hydrogen-bond donors (Lipinski definition) is 0. The zero-order valence-corrected chi connectivity index (χ0v) is 13.9. The molecule has 2 fully saturated rings. The van der Waals surface area contributed by atoms with Crippen LogP contribution in [-0.2, 0) is 0 Å². The second kappa shape index (κ2) is 5.31. The van der Waals surface area contributed by atoms with Crippen LogP contribution in [0.15, 0.2) is 30.3 Å². The Balaban J connectivity index is 1.64. The lowest BCUT2D eigenvalue weighted by Crippen LogP contribution is -2.33. The second-order valence-corrected chi connectivity index (χ2v) is 7.29. The van der Waals surface area contributed by atoms with Crippen molar-refractivity contribution in [1.29, 1.82) is 0 Å². The van der Waals surface area contributed by atoms with E-state index in [9.17, 15) is 4.79 Å². The molecule has 1 aromatic heterocycles. The van der Waals surface area contributed by atoms with Crippen molar-refractivity contribution in [3.63, 3.8) is 0 Å². The standard InChI is InChI=1S/C19H23N3O/c1-14-6-7-15-4-3-5-16(17(15)20-14)18(23)22-11-9-19(13-22)8-10-21(2)12-19/h3-7H,8-13H2,1-2H3. The number of aromatic nitrogens is 1. The van der Waals surface area contributed by atoms with E-state index in [-0.39, 0.29) is 5.91 Å². The molecular weight excluding hydrogens is 286 g/mol. The number of nitrogens with zero attached hydrogens (tertiary/aromatic N) is 3. The molecule has 2 saturated heterocycles. The van der Waals surface area contributed by atoms with Crippen molar-refractivity contribution in [2.24, 2.45) is 5.41 Å². The number of carbonyl (C=O) groups excluding carboxylic acids is 1. The molecule has 4 rings (SSSR count). The van der Waals surface area contributed by atoms with Crippen molar-refractivity contribution in [1.82, 2.24) is 14.8 Å². The Bertz CT molecular complexity index is 772. The molecule has 0 radical (unpaired) electrons. The molecule has 1 atom stereocenters. The molecule has 4 nitrogen and oxygen atoms in total. The van der Waals surface area contributed by atoms with E-state index in [0.29, 0.717) is 5.41 Å². The summed E-state index contributed by atoms with van der Waals surface area (Å²) in [5, 5.41) is 1.04. The molecule has 0 saturated carbocycles. The van der Waals surface area contributed by atoms with Crippen LogP contribution in [0.5, 0.6) is 0 Å². The molecule has 2 aromatic rings. The molecule has 3 heterocycles. The van der Waals surface area contributed by atoms with E-state index in [1.807, 2.05) is 42.2 Å². The number of benzene rings is 1. The molecule has 2 aliphatic rings. The summed E-state index contributed by atoms with van der Waals surface area (Å²) in [5.41, 5.74) is 2.85. The topological polar surface area (TPSA) is 36.4 Å². The van der Waals surface area contributed by atoms with Crippen LogP contribution < -0.4 is 0 Å². The highest BCUT2D eigenvalue weighted by molar-refractivity contribution is 6.05. The second-order valence-electron chi connectivity index (χ2n) is 7.29. The molecule has 4 heteroatoms. The highest BCUT2D eigenvalue weighted by Gasteiger charge is 2.43. The van der Waals surface area contributed by atoms with Crippen molar-refractivity contribution in [2.75, 3.05) is 33.2 Å². The number of hydrogen-bond acceptors (Lipinski definition) is 3. The van der Waals surface area contributed by atoms with Gasteiger partial charge in [0.1, 0.15) is 0 Å². The zero-order valence-electron chi connectivity index (χ0n) is 13.9. The van der Waals surface area contributed by atoms with Crippen LogP contribution in [-0.4, -0.2) is 53.9 Å². The van der Waals surface area contributed by atoms with Gasteiger partial charge in [0.2, 0.25) is 0 Å². The SMILES string of the molecule is Cc1ccc2cccc(C(=O)N3CCC4(CCN(C)C4)C3)c2n1. The van der Waals surface area contributed by atoms with Gasteiger partial charge >= 0.3 is 0 Å². The largest absolute Gasteiger partial charge is 0.338 e. The molecule has 0 N–H and O–H groups in total. The average molecular weight is 309 g/mol. The predicted molar refractivity (Wildman–Crippen MR) is 91.5 cm³/mol. The Kier molecular flexibility index (Phi) is 3.38. The molecule has 120 valence electrons. The van der Waals surface area contributed by atoms with Gasteiger partial charge in [0.05, 0.1) is 11.1 Å². The third kappa shape index (κ3) is 2.51. The minimum Gasteiger partial charge on any atom is -0.338 e. The summed E-state index contributed by atoms with van der Waals surface area (Å²) in [5.74, 6) is 0.139. The predicted octanol–water partition coefficient (Wildman–Crippen LogP) is 2.71. The van der Waals surface area contributed by atoms with E-state index in [1.54, 1.807) is 0 Å². The number of pyridine rings is 1. The quantitative estimate of drug-likeness (QED) is 0.813. The number of carbonyl (C=O) groups is 1. The van der Waals surface area contributed by atoms with Crippen molar-refractivity contribution in [3.8, 4) is 0 Å². The van der Waals surface area contributed by atoms with Crippen LogP contribution in [0.4, 0.5) is 0 Å². The minimum atomic E-state index is 0.139. The molecular formula is C19H23N3O. The summed E-state index contributed by atoms with van der Waals surface area (Å²) in [6.07, 6.45) is 2.33. The lowest BCUT2D eigenvalue weighted by atomic mass is 9.86. The molecule has 0 aliphatic carbocycles. The van der Waals surface area contributed by atoms with Crippen LogP contribution in [0, 0.1) is 12.3 Å². The minimum absolute atomic E-state index is 0.139. The summed E-state index contributed by atoms with van der Waals surface area (Å²) in [7, 11) is 2.18. The van der Waals surface area contributed by atoms with Crippen molar-refractivity contribution >= 4 is 16.8 Å². The van der Waals surface area contributed by atoms with Gasteiger partial charge in [0.15, 0.2) is 0 Å². The Hall–Kier alpha value is -1.94. The van der Waals surface area contributed by atoms with Crippen LogP contribution in [0.25, 0.3) is 10.9 Å². The van der Waals surface area contributed by atoms with E-state index in [1.165, 1.54) is 6.42 Å². The number of aryl methyl sites for hydroxylation is 1. The van der Waals surface area contributed by atoms with Crippen LogP contribution >= 0.6 is 0 Å². The first-order chi connectivity index (χ1) is 11.1. The summed E-state index contributed by atoms with van der Waals surface area (Å²) in [4.78, 5) is 22.1. The smallest absolute Gasteiger partial charge is 0.256 e. The van der Waals surface area contributed by atoms with E-state index in [2.05, 4.69) is 16.9 Å². The maximum atomic E-state index is 13.1. The molecule has 0 bridgehead atoms. The molecule has 1 spiro atoms. The van der Waals surface area contributed by atoms with Crippen molar-refractivity contribution in [3.05, 3.63) is 41.6 Å². The summed E-state index contributed by atoms with van der Waals surface area (Å²) in [6.45, 7) is 5.99. The maximum absolute atomic E-state index is 13.1. The molecule has 23 heavy (non-hydrogen) atoms. The first-order valence-corrected chi connectivity index (χ1v) is 8.41. The van der Waals surface area contributed by atoms with Gasteiger partial charge in [-0.2, -0.15) is 0 Å². The monoisotopic (exact) mass is 309 g/mol. The number of amides is 1. The summed E-state index contributed by atoms with van der Waals surface area (Å²) in [6, 6.07) is 9.95. The van der Waals surface area contributed by atoms with Gasteiger partial charge in [-0.05, 0) is 45.5 Å². The Morgan fingerprint density at radius 1 is 1.13 bits per heavy atom. The Labute approximate surface area is 137 Å². The van der Waals surface area contributed by atoms with Crippen molar-refractivity contribution < 1.29 is 4.79 Å². The van der Waals surface area contributed by atoms with E-state index in [4.69, 9.17) is 0 Å². The normalized spacial score (nSPS) is 24.9. The fourth-order valence-electron chi connectivity index (χ4n) is 4.19. The molecule has 2 aliphatic heterocycles. The van der Waals surface area contributed by atoms with Gasteiger partial charge < -0.3 is 9.80 Å². The Morgan fingerprint density at radius 2 is 1.96 bits per heavy atom.